The van der Waals surface area contributed by atoms with Gasteiger partial charge in [-0.05, 0) is 62.6 Å². The van der Waals surface area contributed by atoms with E-state index in [-0.39, 0.29) is 6.04 Å². The molecule has 0 saturated carbocycles. The van der Waals surface area contributed by atoms with Gasteiger partial charge in [0, 0.05) is 6.04 Å². The maximum Gasteiger partial charge on any atom is 0.142 e. The highest BCUT2D eigenvalue weighted by molar-refractivity contribution is 5.58. The number of ether oxygens (including phenoxy) is 1. The van der Waals surface area contributed by atoms with Crippen molar-refractivity contribution in [1.82, 2.24) is 0 Å². The molecule has 3 heteroatoms. The van der Waals surface area contributed by atoms with Crippen molar-refractivity contribution >= 4 is 5.69 Å². The molecule has 21 heavy (non-hydrogen) atoms. The van der Waals surface area contributed by atoms with Crippen LogP contribution in [0, 0.1) is 6.92 Å². The number of hydrogen-bond donors (Lipinski definition) is 2. The third-order valence-corrected chi connectivity index (χ3v) is 3.32. The van der Waals surface area contributed by atoms with Gasteiger partial charge in [-0.2, -0.15) is 0 Å². The molecule has 2 rings (SSSR count). The topological polar surface area (TPSA) is 41.5 Å². The fraction of sp³-hybridized carbons (Fsp3) is 0.333. The molecule has 0 heterocycles. The lowest BCUT2D eigenvalue weighted by Crippen LogP contribution is -2.18. The van der Waals surface area contributed by atoms with Crippen LogP contribution in [-0.4, -0.2) is 17.8 Å². The van der Waals surface area contributed by atoms with E-state index in [1.54, 1.807) is 12.1 Å². The predicted molar refractivity (Wildman–Crippen MR) is 87.2 cm³/mol. The number of phenolic OH excluding ortho intramolecular Hbond substituents is 1. The Hall–Kier alpha value is -2.16. The molecule has 2 N–H and O–H groups in total. The van der Waals surface area contributed by atoms with Crippen molar-refractivity contribution in [3.63, 3.8) is 0 Å². The molecule has 3 nitrogen and oxygen atoms in total. The molecular weight excluding hydrogens is 262 g/mol. The first-order valence-corrected chi connectivity index (χ1v) is 7.36. The van der Waals surface area contributed by atoms with Crippen LogP contribution in [0.2, 0.25) is 0 Å². The first-order chi connectivity index (χ1) is 10.1. The average molecular weight is 285 g/mol. The summed E-state index contributed by atoms with van der Waals surface area (Å²) in [5, 5.41) is 12.8. The molecule has 1 unspecified atom stereocenters. The van der Waals surface area contributed by atoms with Crippen LogP contribution in [0.5, 0.6) is 11.5 Å². The van der Waals surface area contributed by atoms with E-state index < -0.39 is 0 Å². The van der Waals surface area contributed by atoms with Crippen LogP contribution in [0.3, 0.4) is 0 Å². The summed E-state index contributed by atoms with van der Waals surface area (Å²) in [6.07, 6.45) is 0.889. The molecule has 112 valence electrons. The second kappa shape index (κ2) is 7.02. The second-order valence-corrected chi connectivity index (χ2v) is 5.35. The second-order valence-electron chi connectivity index (χ2n) is 5.35. The van der Waals surface area contributed by atoms with Gasteiger partial charge in [0.15, 0.2) is 0 Å². The minimum atomic E-state index is 0.274. The predicted octanol–water partition coefficient (Wildman–Crippen LogP) is 4.14. The number of phenols is 1. The van der Waals surface area contributed by atoms with Crippen LogP contribution in [-0.2, 0) is 6.42 Å². The largest absolute Gasteiger partial charge is 0.508 e. The Kier molecular flexibility index (Phi) is 5.09. The van der Waals surface area contributed by atoms with Crippen LogP contribution in [0.15, 0.2) is 42.5 Å². The Morgan fingerprint density at radius 2 is 1.86 bits per heavy atom. The summed E-state index contributed by atoms with van der Waals surface area (Å²) in [5.74, 6) is 1.20. The lowest BCUT2D eigenvalue weighted by Gasteiger charge is -2.18. The highest BCUT2D eigenvalue weighted by Crippen LogP contribution is 2.27. The summed E-state index contributed by atoms with van der Waals surface area (Å²) in [4.78, 5) is 0. The Morgan fingerprint density at radius 3 is 2.52 bits per heavy atom. The van der Waals surface area contributed by atoms with Gasteiger partial charge in [0.25, 0.3) is 0 Å². The van der Waals surface area contributed by atoms with Gasteiger partial charge in [0.2, 0.25) is 0 Å². The molecule has 0 aliphatic carbocycles. The highest BCUT2D eigenvalue weighted by Gasteiger charge is 2.08. The number of hydrogen-bond acceptors (Lipinski definition) is 3. The van der Waals surface area contributed by atoms with Crippen molar-refractivity contribution in [3.05, 3.63) is 53.6 Å². The minimum Gasteiger partial charge on any atom is -0.508 e. The minimum absolute atomic E-state index is 0.274. The van der Waals surface area contributed by atoms with E-state index in [0.717, 1.165) is 17.9 Å². The van der Waals surface area contributed by atoms with Crippen molar-refractivity contribution < 1.29 is 9.84 Å². The SMILES string of the molecule is CCOc1cc(C)ccc1NC(C)Cc1ccc(O)cc1. The summed E-state index contributed by atoms with van der Waals surface area (Å²) >= 11 is 0. The molecule has 0 spiro atoms. The zero-order valence-electron chi connectivity index (χ0n) is 12.9. The van der Waals surface area contributed by atoms with Crippen LogP contribution in [0.4, 0.5) is 5.69 Å². The van der Waals surface area contributed by atoms with Gasteiger partial charge in [0.05, 0.1) is 12.3 Å². The molecule has 0 aromatic heterocycles. The van der Waals surface area contributed by atoms with E-state index in [1.807, 2.05) is 19.1 Å². The van der Waals surface area contributed by atoms with Gasteiger partial charge in [-0.3, -0.25) is 0 Å². The zero-order valence-corrected chi connectivity index (χ0v) is 12.9. The molecule has 0 radical (unpaired) electrons. The fourth-order valence-corrected chi connectivity index (χ4v) is 2.33. The molecule has 2 aromatic rings. The number of aromatic hydroxyl groups is 1. The monoisotopic (exact) mass is 285 g/mol. The summed E-state index contributed by atoms with van der Waals surface area (Å²) in [6.45, 7) is 6.85. The van der Waals surface area contributed by atoms with Crippen molar-refractivity contribution in [2.75, 3.05) is 11.9 Å². The Bertz CT molecular complexity index is 578. The Labute approximate surface area is 126 Å². The molecule has 0 fully saturated rings. The van der Waals surface area contributed by atoms with E-state index in [0.29, 0.717) is 12.4 Å². The lowest BCUT2D eigenvalue weighted by molar-refractivity contribution is 0.341. The van der Waals surface area contributed by atoms with Gasteiger partial charge in [-0.1, -0.05) is 18.2 Å². The van der Waals surface area contributed by atoms with E-state index in [1.165, 1.54) is 11.1 Å². The van der Waals surface area contributed by atoms with Gasteiger partial charge in [0.1, 0.15) is 11.5 Å². The molecular formula is C18H23NO2. The first-order valence-electron chi connectivity index (χ1n) is 7.36. The zero-order chi connectivity index (χ0) is 15.2. The molecule has 0 aliphatic heterocycles. The molecule has 1 atom stereocenters. The molecule has 0 bridgehead atoms. The number of benzene rings is 2. The highest BCUT2D eigenvalue weighted by atomic mass is 16.5. The van der Waals surface area contributed by atoms with Crippen molar-refractivity contribution in [2.24, 2.45) is 0 Å². The van der Waals surface area contributed by atoms with Crippen LogP contribution >= 0.6 is 0 Å². The van der Waals surface area contributed by atoms with Gasteiger partial charge < -0.3 is 15.2 Å². The molecule has 0 amide bonds. The molecule has 0 aliphatic rings. The number of nitrogens with one attached hydrogen (secondary N) is 1. The van der Waals surface area contributed by atoms with E-state index in [9.17, 15) is 5.11 Å². The smallest absolute Gasteiger partial charge is 0.142 e. The van der Waals surface area contributed by atoms with Crippen molar-refractivity contribution in [2.45, 2.75) is 33.2 Å². The third kappa shape index (κ3) is 4.42. The summed E-state index contributed by atoms with van der Waals surface area (Å²) < 4.78 is 5.69. The summed E-state index contributed by atoms with van der Waals surface area (Å²) in [5.41, 5.74) is 3.40. The molecule has 0 saturated heterocycles. The third-order valence-electron chi connectivity index (χ3n) is 3.32. The first kappa shape index (κ1) is 15.2. The Balaban J connectivity index is 2.05. The van der Waals surface area contributed by atoms with Crippen LogP contribution < -0.4 is 10.1 Å². The maximum atomic E-state index is 9.32. The lowest BCUT2D eigenvalue weighted by atomic mass is 10.1. The van der Waals surface area contributed by atoms with Gasteiger partial charge in [-0.15, -0.1) is 0 Å². The summed E-state index contributed by atoms with van der Waals surface area (Å²) in [6, 6.07) is 13.8. The maximum absolute atomic E-state index is 9.32. The normalized spacial score (nSPS) is 12.0. The number of aryl methyl sites for hydroxylation is 1. The van der Waals surface area contributed by atoms with Crippen molar-refractivity contribution in [3.8, 4) is 11.5 Å². The fourth-order valence-electron chi connectivity index (χ4n) is 2.33. The molecule has 2 aromatic carbocycles. The van der Waals surface area contributed by atoms with Crippen LogP contribution in [0.1, 0.15) is 25.0 Å². The van der Waals surface area contributed by atoms with E-state index >= 15 is 0 Å². The van der Waals surface area contributed by atoms with Gasteiger partial charge in [-0.25, -0.2) is 0 Å². The summed E-state index contributed by atoms with van der Waals surface area (Å²) in [7, 11) is 0. The number of rotatable bonds is 6. The number of anilines is 1. The quantitative estimate of drug-likeness (QED) is 0.838. The Morgan fingerprint density at radius 1 is 1.14 bits per heavy atom. The van der Waals surface area contributed by atoms with E-state index in [4.69, 9.17) is 4.74 Å². The van der Waals surface area contributed by atoms with Crippen molar-refractivity contribution in [1.29, 1.82) is 0 Å². The standard InChI is InChI=1S/C18H23NO2/c1-4-21-18-11-13(2)5-10-17(18)19-14(3)12-15-6-8-16(20)9-7-15/h5-11,14,19-20H,4,12H2,1-3H3. The average Bonchev–Trinajstić information content (AvgIpc) is 2.45. The van der Waals surface area contributed by atoms with Gasteiger partial charge >= 0.3 is 0 Å². The van der Waals surface area contributed by atoms with Crippen LogP contribution in [0.25, 0.3) is 0 Å². The van der Waals surface area contributed by atoms with E-state index in [2.05, 4.69) is 37.4 Å².